The molecule has 1 amide bonds. The van der Waals surface area contributed by atoms with Crippen LogP contribution in [0.5, 0.6) is 0 Å². The van der Waals surface area contributed by atoms with Crippen molar-refractivity contribution in [3.63, 3.8) is 0 Å². The molecule has 1 aliphatic rings. The van der Waals surface area contributed by atoms with Crippen molar-refractivity contribution in [2.45, 2.75) is 38.3 Å². The summed E-state index contributed by atoms with van der Waals surface area (Å²) in [5.41, 5.74) is 0.324. The number of likely N-dealkylation sites (tertiary alicyclic amines) is 1. The number of carbonyl (C=O) groups is 1. The monoisotopic (exact) mass is 359 g/mol. The molecule has 1 heterocycles. The molecule has 2 aromatic carbocycles. The minimum atomic E-state index is -2.04. The number of anilines is 1. The molecule has 1 N–H and O–H groups in total. The molecule has 0 aromatic heterocycles. The van der Waals surface area contributed by atoms with Gasteiger partial charge in [0.25, 0.3) is 0 Å². The van der Waals surface area contributed by atoms with Crippen molar-refractivity contribution in [2.75, 3.05) is 24.5 Å². The van der Waals surface area contributed by atoms with Crippen molar-refractivity contribution >= 4 is 11.6 Å². The highest BCUT2D eigenvalue weighted by atomic mass is 16.3. The number of benzene rings is 2. The van der Waals surface area contributed by atoms with Crippen molar-refractivity contribution in [3.05, 3.63) is 66.1 Å². The fourth-order valence-electron chi connectivity index (χ4n) is 3.18. The molecule has 0 aliphatic carbocycles. The summed E-state index contributed by atoms with van der Waals surface area (Å²) in [6.45, 7) is 0.0682. The molecular formula is C22H28N2O2. The zero-order valence-corrected chi connectivity index (χ0v) is 14.8. The zero-order chi connectivity index (χ0) is 24.5. The molecule has 2 aromatic rings. The fraction of sp³-hybridized carbons (Fsp3) is 0.409. The lowest BCUT2D eigenvalue weighted by Crippen LogP contribution is -2.48. The van der Waals surface area contributed by atoms with Crippen molar-refractivity contribution < 1.29 is 19.5 Å². The second-order valence-corrected chi connectivity index (χ2v) is 6.25. The quantitative estimate of drug-likeness (QED) is 0.856. The predicted molar refractivity (Wildman–Crippen MR) is 105 cm³/mol. The van der Waals surface area contributed by atoms with Gasteiger partial charge in [0.2, 0.25) is 5.91 Å². The molecule has 4 nitrogen and oxygen atoms in total. The standard InChI is InChI=1S/C22H28N2O2/c1-2-22(26)24(19-11-7-4-8-12-19)20-13-15-23(16-14-20)17-21(25)18-9-5-3-6-10-18/h3-12,20-21,25H,2,13-17H2,1H3/i4D,7D,8D,11D,12D,17D2. The number of piperidine rings is 1. The molecule has 0 saturated carbocycles. The number of amides is 1. The summed E-state index contributed by atoms with van der Waals surface area (Å²) in [5, 5.41) is 10.6. The van der Waals surface area contributed by atoms with Crippen LogP contribution in [0.3, 0.4) is 0 Å². The second kappa shape index (κ2) is 8.97. The third kappa shape index (κ3) is 4.51. The number of aliphatic hydroxyl groups is 1. The molecule has 1 unspecified atom stereocenters. The van der Waals surface area contributed by atoms with E-state index in [0.717, 1.165) is 0 Å². The Kier molecular flexibility index (Phi) is 3.97. The van der Waals surface area contributed by atoms with Crippen molar-refractivity contribution in [1.29, 1.82) is 0 Å². The molecule has 1 atom stereocenters. The highest BCUT2D eigenvalue weighted by Gasteiger charge is 2.29. The first-order valence-corrected chi connectivity index (χ1v) is 8.89. The number of nitrogens with zero attached hydrogens (tertiary/aromatic N) is 2. The van der Waals surface area contributed by atoms with Crippen LogP contribution in [0.15, 0.2) is 60.5 Å². The van der Waals surface area contributed by atoms with Crippen LogP contribution in [0.1, 0.15) is 47.4 Å². The number of aliphatic hydroxyl groups excluding tert-OH is 1. The van der Waals surface area contributed by atoms with E-state index in [-0.39, 0.29) is 31.1 Å². The Morgan fingerprint density at radius 3 is 2.54 bits per heavy atom. The first kappa shape index (κ1) is 11.5. The Bertz CT molecular complexity index is 983. The summed E-state index contributed by atoms with van der Waals surface area (Å²) < 4.78 is 57.3. The van der Waals surface area contributed by atoms with Crippen molar-refractivity contribution in [2.24, 2.45) is 0 Å². The predicted octanol–water partition coefficient (Wildman–Crippen LogP) is 3.63. The Morgan fingerprint density at radius 2 is 1.92 bits per heavy atom. The SMILES string of the molecule is [2H]c1c([2H])c([2H])c(N(C(=O)CC)C2CCN(C([2H])([2H])C(O)c3ccccc3)CC2)c([2H])c1[2H]. The Balaban J connectivity index is 1.86. The second-order valence-electron chi connectivity index (χ2n) is 6.25. The minimum Gasteiger partial charge on any atom is -0.387 e. The van der Waals surface area contributed by atoms with E-state index in [0.29, 0.717) is 18.4 Å². The van der Waals surface area contributed by atoms with E-state index < -0.39 is 48.9 Å². The van der Waals surface area contributed by atoms with Gasteiger partial charge in [-0.05, 0) is 30.5 Å². The van der Waals surface area contributed by atoms with Gasteiger partial charge in [-0.15, -0.1) is 0 Å². The highest BCUT2D eigenvalue weighted by Crippen LogP contribution is 2.25. The Labute approximate surface area is 165 Å². The first-order chi connectivity index (χ1) is 15.5. The topological polar surface area (TPSA) is 43.8 Å². The van der Waals surface area contributed by atoms with Gasteiger partial charge in [0, 0.05) is 40.5 Å². The average Bonchev–Trinajstić information content (AvgIpc) is 2.83. The number of hydrogen-bond acceptors (Lipinski definition) is 3. The summed E-state index contributed by atoms with van der Waals surface area (Å²) in [4.78, 5) is 15.7. The van der Waals surface area contributed by atoms with Gasteiger partial charge in [-0.1, -0.05) is 55.4 Å². The molecule has 1 saturated heterocycles. The molecule has 26 heavy (non-hydrogen) atoms. The maximum absolute atomic E-state index is 12.9. The number of carbonyl (C=O) groups excluding carboxylic acids is 1. The summed E-state index contributed by atoms with van der Waals surface area (Å²) in [6.07, 6.45) is -0.607. The van der Waals surface area contributed by atoms with E-state index in [1.165, 1.54) is 9.80 Å². The summed E-state index contributed by atoms with van der Waals surface area (Å²) in [6, 6.07) is 5.74. The van der Waals surface area contributed by atoms with Crippen LogP contribution < -0.4 is 4.90 Å². The summed E-state index contributed by atoms with van der Waals surface area (Å²) in [5.74, 6) is -0.362. The van der Waals surface area contributed by atoms with E-state index in [9.17, 15) is 9.90 Å². The Morgan fingerprint density at radius 1 is 1.27 bits per heavy atom. The Hall–Kier alpha value is -2.17. The lowest BCUT2D eigenvalue weighted by Gasteiger charge is -2.39. The van der Waals surface area contributed by atoms with Crippen molar-refractivity contribution in [1.82, 2.24) is 4.90 Å². The van der Waals surface area contributed by atoms with Crippen LogP contribution in [0.4, 0.5) is 5.69 Å². The molecule has 3 rings (SSSR count). The molecule has 1 aliphatic heterocycles. The lowest BCUT2D eigenvalue weighted by molar-refractivity contribution is -0.119. The molecule has 0 spiro atoms. The third-order valence-corrected chi connectivity index (χ3v) is 4.55. The molecule has 4 heteroatoms. The zero-order valence-electron chi connectivity index (χ0n) is 21.8. The van der Waals surface area contributed by atoms with Gasteiger partial charge >= 0.3 is 0 Å². The number of hydrogen-bond donors (Lipinski definition) is 1. The first-order valence-electron chi connectivity index (χ1n) is 12.4. The van der Waals surface area contributed by atoms with Gasteiger partial charge in [0.15, 0.2) is 0 Å². The maximum atomic E-state index is 12.9. The molecule has 0 bridgehead atoms. The van der Waals surface area contributed by atoms with Gasteiger partial charge in [-0.3, -0.25) is 4.79 Å². The summed E-state index contributed by atoms with van der Waals surface area (Å²) in [7, 11) is 0. The van der Waals surface area contributed by atoms with E-state index in [4.69, 9.17) is 9.60 Å². The van der Waals surface area contributed by atoms with Crippen LogP contribution >= 0.6 is 0 Å². The van der Waals surface area contributed by atoms with E-state index in [1.807, 2.05) is 0 Å². The van der Waals surface area contributed by atoms with Crippen LogP contribution in [-0.2, 0) is 4.79 Å². The van der Waals surface area contributed by atoms with Gasteiger partial charge in [0.05, 0.1) is 13.0 Å². The average molecular weight is 360 g/mol. The largest absolute Gasteiger partial charge is 0.387 e. The molecule has 138 valence electrons. The van der Waals surface area contributed by atoms with Gasteiger partial charge in [-0.25, -0.2) is 0 Å². The molecule has 1 fully saturated rings. The number of rotatable bonds is 6. The van der Waals surface area contributed by atoms with Crippen LogP contribution in [0.2, 0.25) is 0 Å². The smallest absolute Gasteiger partial charge is 0.226 e. The lowest BCUT2D eigenvalue weighted by atomic mass is 10.0. The number of β-amino-alcohol motifs (C(OH)–C–C–N with tert-alkyl or cyclic N) is 1. The van der Waals surface area contributed by atoms with E-state index >= 15 is 0 Å². The van der Waals surface area contributed by atoms with Gasteiger partial charge < -0.3 is 14.9 Å². The molecule has 0 radical (unpaired) electrons. The normalized spacial score (nSPS) is 21.4. The highest BCUT2D eigenvalue weighted by molar-refractivity contribution is 5.93. The van der Waals surface area contributed by atoms with Gasteiger partial charge in [0.1, 0.15) is 0 Å². The van der Waals surface area contributed by atoms with E-state index in [1.54, 1.807) is 37.3 Å². The van der Waals surface area contributed by atoms with Gasteiger partial charge in [-0.2, -0.15) is 0 Å². The van der Waals surface area contributed by atoms with Crippen molar-refractivity contribution in [3.8, 4) is 0 Å². The molecular weight excluding hydrogens is 324 g/mol. The fourth-order valence-corrected chi connectivity index (χ4v) is 3.18. The van der Waals surface area contributed by atoms with Crippen LogP contribution in [-0.4, -0.2) is 41.5 Å². The van der Waals surface area contributed by atoms with Crippen LogP contribution in [0, 0.1) is 0 Å². The summed E-state index contributed by atoms with van der Waals surface area (Å²) >= 11 is 0. The third-order valence-electron chi connectivity index (χ3n) is 4.55. The minimum absolute atomic E-state index is 0.0932. The maximum Gasteiger partial charge on any atom is 0.226 e. The van der Waals surface area contributed by atoms with E-state index in [2.05, 4.69) is 0 Å². The van der Waals surface area contributed by atoms with Crippen LogP contribution in [0.25, 0.3) is 0 Å². The number of para-hydroxylation sites is 1.